The lowest BCUT2D eigenvalue weighted by molar-refractivity contribution is 0.441. The quantitative estimate of drug-likeness (QED) is 0.704. The van der Waals surface area contributed by atoms with Crippen LogP contribution in [-0.2, 0) is 6.42 Å². The number of rotatable bonds is 1. The highest BCUT2D eigenvalue weighted by Gasteiger charge is 2.26. The molecule has 1 aromatic carbocycles. The minimum absolute atomic E-state index is 0.0851. The van der Waals surface area contributed by atoms with E-state index in [1.807, 2.05) is 12.1 Å². The number of nitrogens with zero attached hydrogens (tertiary/aromatic N) is 1. The van der Waals surface area contributed by atoms with Gasteiger partial charge in [0, 0.05) is 18.4 Å². The van der Waals surface area contributed by atoms with Gasteiger partial charge in [0.05, 0.1) is 17.7 Å². The number of H-pyrrole nitrogens is 1. The molecule has 0 saturated heterocycles. The Morgan fingerprint density at radius 1 is 1.37 bits per heavy atom. The van der Waals surface area contributed by atoms with Crippen molar-refractivity contribution >= 4 is 11.0 Å². The largest absolute Gasteiger partial charge is 0.456 e. The second-order valence-corrected chi connectivity index (χ2v) is 4.71. The highest BCUT2D eigenvalue weighted by molar-refractivity contribution is 5.78. The standard InChI is InChI=1S/C14H12FN3O/c15-9-3-1-2-8-6-11(19-14(8)9)13-12-10(4-5-16-13)17-7-18-12/h1-3,6-7,13,16H,4-5H2,(H,17,18)/t13-/m0/s1. The van der Waals surface area contributed by atoms with Crippen molar-refractivity contribution in [3.63, 3.8) is 0 Å². The first-order valence-corrected chi connectivity index (χ1v) is 6.26. The van der Waals surface area contributed by atoms with Crippen LogP contribution < -0.4 is 5.32 Å². The van der Waals surface area contributed by atoms with Gasteiger partial charge >= 0.3 is 0 Å². The van der Waals surface area contributed by atoms with Crippen LogP contribution in [0.1, 0.15) is 23.2 Å². The summed E-state index contributed by atoms with van der Waals surface area (Å²) in [5.74, 6) is 0.384. The molecular formula is C14H12FN3O. The number of para-hydroxylation sites is 1. The number of fused-ring (bicyclic) bond motifs is 2. The number of aromatic amines is 1. The molecule has 4 rings (SSSR count). The second kappa shape index (κ2) is 3.93. The Kier molecular flexibility index (Phi) is 2.22. The number of nitrogens with one attached hydrogen (secondary N) is 2. The Labute approximate surface area is 108 Å². The smallest absolute Gasteiger partial charge is 0.169 e. The number of hydrogen-bond donors (Lipinski definition) is 2. The van der Waals surface area contributed by atoms with Gasteiger partial charge in [-0.15, -0.1) is 0 Å². The maximum atomic E-state index is 13.7. The first-order chi connectivity index (χ1) is 9.33. The van der Waals surface area contributed by atoms with E-state index in [-0.39, 0.29) is 11.9 Å². The van der Waals surface area contributed by atoms with Crippen LogP contribution in [0.15, 0.2) is 35.0 Å². The zero-order valence-corrected chi connectivity index (χ0v) is 10.1. The maximum absolute atomic E-state index is 13.7. The zero-order valence-electron chi connectivity index (χ0n) is 10.1. The van der Waals surface area contributed by atoms with Crippen molar-refractivity contribution in [2.75, 3.05) is 6.54 Å². The minimum Gasteiger partial charge on any atom is -0.456 e. The molecule has 96 valence electrons. The lowest BCUT2D eigenvalue weighted by Crippen LogP contribution is -2.30. The average molecular weight is 257 g/mol. The van der Waals surface area contributed by atoms with Crippen LogP contribution >= 0.6 is 0 Å². The zero-order chi connectivity index (χ0) is 12.8. The fourth-order valence-corrected chi connectivity index (χ4v) is 2.65. The van der Waals surface area contributed by atoms with E-state index >= 15 is 0 Å². The Morgan fingerprint density at radius 3 is 3.21 bits per heavy atom. The first-order valence-electron chi connectivity index (χ1n) is 6.26. The van der Waals surface area contributed by atoms with E-state index in [1.165, 1.54) is 6.07 Å². The van der Waals surface area contributed by atoms with E-state index in [2.05, 4.69) is 15.3 Å². The van der Waals surface area contributed by atoms with E-state index in [1.54, 1.807) is 12.4 Å². The van der Waals surface area contributed by atoms with Crippen LogP contribution in [0, 0.1) is 5.82 Å². The third kappa shape index (κ3) is 1.58. The van der Waals surface area contributed by atoms with Crippen LogP contribution in [0.4, 0.5) is 4.39 Å². The molecule has 0 bridgehead atoms. The van der Waals surface area contributed by atoms with E-state index in [4.69, 9.17) is 4.42 Å². The maximum Gasteiger partial charge on any atom is 0.169 e. The molecule has 1 aliphatic heterocycles. The van der Waals surface area contributed by atoms with Gasteiger partial charge in [-0.2, -0.15) is 0 Å². The molecule has 3 aromatic rings. The van der Waals surface area contributed by atoms with Crippen LogP contribution in [0.2, 0.25) is 0 Å². The van der Waals surface area contributed by atoms with Crippen molar-refractivity contribution in [3.8, 4) is 0 Å². The molecule has 3 heterocycles. The van der Waals surface area contributed by atoms with Gasteiger partial charge in [-0.3, -0.25) is 0 Å². The number of benzene rings is 1. The summed E-state index contributed by atoms with van der Waals surface area (Å²) >= 11 is 0. The molecule has 2 aromatic heterocycles. The highest BCUT2D eigenvalue weighted by atomic mass is 19.1. The van der Waals surface area contributed by atoms with Gasteiger partial charge in [-0.1, -0.05) is 12.1 Å². The molecule has 5 heteroatoms. The second-order valence-electron chi connectivity index (χ2n) is 4.71. The number of aromatic nitrogens is 2. The highest BCUT2D eigenvalue weighted by Crippen LogP contribution is 2.31. The molecule has 0 fully saturated rings. The normalized spacial score (nSPS) is 18.7. The van der Waals surface area contributed by atoms with Gasteiger partial charge < -0.3 is 14.7 Å². The summed E-state index contributed by atoms with van der Waals surface area (Å²) < 4.78 is 19.3. The average Bonchev–Trinajstić information content (AvgIpc) is 3.05. The van der Waals surface area contributed by atoms with Crippen LogP contribution in [-0.4, -0.2) is 16.5 Å². The molecule has 0 spiro atoms. The monoisotopic (exact) mass is 257 g/mol. The Morgan fingerprint density at radius 2 is 2.32 bits per heavy atom. The van der Waals surface area contributed by atoms with E-state index in [9.17, 15) is 4.39 Å². The lowest BCUT2D eigenvalue weighted by atomic mass is 10.0. The Balaban J connectivity index is 1.86. The van der Waals surface area contributed by atoms with Gasteiger partial charge in [-0.25, -0.2) is 9.37 Å². The summed E-state index contributed by atoms with van der Waals surface area (Å²) in [6, 6.07) is 6.74. The summed E-state index contributed by atoms with van der Waals surface area (Å²) in [4.78, 5) is 7.43. The number of hydrogen-bond acceptors (Lipinski definition) is 3. The van der Waals surface area contributed by atoms with Crippen molar-refractivity contribution in [1.82, 2.24) is 15.3 Å². The van der Waals surface area contributed by atoms with E-state index in [0.29, 0.717) is 11.3 Å². The van der Waals surface area contributed by atoms with Gasteiger partial charge in [0.15, 0.2) is 11.4 Å². The molecule has 0 radical (unpaired) electrons. The predicted molar refractivity (Wildman–Crippen MR) is 68.3 cm³/mol. The summed E-state index contributed by atoms with van der Waals surface area (Å²) in [5, 5.41) is 4.15. The van der Waals surface area contributed by atoms with Crippen molar-refractivity contribution in [2.24, 2.45) is 0 Å². The van der Waals surface area contributed by atoms with Crippen LogP contribution in [0.5, 0.6) is 0 Å². The van der Waals surface area contributed by atoms with Gasteiger partial charge in [0.1, 0.15) is 11.8 Å². The molecule has 1 aliphatic rings. The Bertz CT molecular complexity index is 746. The van der Waals surface area contributed by atoms with Gasteiger partial charge in [0.2, 0.25) is 0 Å². The lowest BCUT2D eigenvalue weighted by Gasteiger charge is -2.21. The van der Waals surface area contributed by atoms with Crippen molar-refractivity contribution < 1.29 is 8.81 Å². The third-order valence-corrected chi connectivity index (χ3v) is 3.55. The van der Waals surface area contributed by atoms with Crippen molar-refractivity contribution in [2.45, 2.75) is 12.5 Å². The predicted octanol–water partition coefficient (Wildman–Crippen LogP) is 2.53. The summed E-state index contributed by atoms with van der Waals surface area (Å²) in [6.07, 6.45) is 2.58. The first kappa shape index (κ1) is 10.8. The fraction of sp³-hybridized carbons (Fsp3) is 0.214. The van der Waals surface area contributed by atoms with E-state index < -0.39 is 0 Å². The number of imidazole rings is 1. The van der Waals surface area contributed by atoms with Crippen LogP contribution in [0.25, 0.3) is 11.0 Å². The molecule has 4 nitrogen and oxygen atoms in total. The topological polar surface area (TPSA) is 53.9 Å². The minimum atomic E-state index is -0.329. The summed E-state index contributed by atoms with van der Waals surface area (Å²) in [6.45, 7) is 0.835. The van der Waals surface area contributed by atoms with Crippen molar-refractivity contribution in [3.05, 3.63) is 53.6 Å². The molecule has 0 aliphatic carbocycles. The SMILES string of the molecule is Fc1cccc2cc([C@@H]3NCCc4nc[nH]c43)oc12. The van der Waals surface area contributed by atoms with Gasteiger partial charge in [-0.05, 0) is 12.1 Å². The molecule has 19 heavy (non-hydrogen) atoms. The molecule has 0 amide bonds. The molecule has 0 saturated carbocycles. The van der Waals surface area contributed by atoms with E-state index in [0.717, 1.165) is 29.7 Å². The number of furan rings is 1. The third-order valence-electron chi connectivity index (χ3n) is 3.55. The molecule has 1 atom stereocenters. The summed E-state index contributed by atoms with van der Waals surface area (Å²) in [5.41, 5.74) is 2.36. The van der Waals surface area contributed by atoms with Gasteiger partial charge in [0.25, 0.3) is 0 Å². The number of halogens is 1. The molecule has 0 unspecified atom stereocenters. The molecular weight excluding hydrogens is 245 g/mol. The van der Waals surface area contributed by atoms with Crippen LogP contribution in [0.3, 0.4) is 0 Å². The Hall–Kier alpha value is -2.14. The molecule has 2 N–H and O–H groups in total. The summed E-state index contributed by atoms with van der Waals surface area (Å²) in [7, 11) is 0. The van der Waals surface area contributed by atoms with Crippen molar-refractivity contribution in [1.29, 1.82) is 0 Å². The fourth-order valence-electron chi connectivity index (χ4n) is 2.65.